The van der Waals surface area contributed by atoms with Crippen molar-refractivity contribution in [3.8, 4) is 0 Å². The van der Waals surface area contributed by atoms with Crippen LogP contribution in [0, 0.1) is 0 Å². The van der Waals surface area contributed by atoms with E-state index < -0.39 is 36.5 Å². The Labute approximate surface area is 105 Å². The van der Waals surface area contributed by atoms with Crippen molar-refractivity contribution in [1.29, 1.82) is 0 Å². The minimum absolute atomic E-state index is 0.00581. The number of hydrogen-bond donors (Lipinski definition) is 1. The molecular formula is C11H18FNO5. The zero-order valence-corrected chi connectivity index (χ0v) is 10.7. The van der Waals surface area contributed by atoms with Crippen molar-refractivity contribution in [3.05, 3.63) is 0 Å². The quantitative estimate of drug-likeness (QED) is 0.529. The first kappa shape index (κ1) is 16.3. The minimum Gasteiger partial charge on any atom is -0.464 e. The van der Waals surface area contributed by atoms with Gasteiger partial charge in [0.05, 0.1) is 19.9 Å². The number of nitrogens with one attached hydrogen (secondary N) is 1. The van der Waals surface area contributed by atoms with Gasteiger partial charge in [-0.05, 0) is 13.8 Å². The molecule has 1 N–H and O–H groups in total. The average Bonchev–Trinajstić information content (AvgIpc) is 2.28. The van der Waals surface area contributed by atoms with Gasteiger partial charge in [-0.25, -0.2) is 9.59 Å². The number of hydrogen-bond acceptors (Lipinski definition) is 5. The minimum atomic E-state index is -2.10. The third-order valence-electron chi connectivity index (χ3n) is 2.11. The molecule has 0 aliphatic carbocycles. The van der Waals surface area contributed by atoms with Crippen molar-refractivity contribution in [2.75, 3.05) is 19.9 Å². The molecule has 0 fully saturated rings. The van der Waals surface area contributed by atoms with Gasteiger partial charge < -0.3 is 14.8 Å². The van der Waals surface area contributed by atoms with Crippen LogP contribution >= 0.6 is 0 Å². The molecule has 0 atom stereocenters. The third-order valence-corrected chi connectivity index (χ3v) is 2.11. The largest absolute Gasteiger partial charge is 0.464 e. The van der Waals surface area contributed by atoms with E-state index in [0.29, 0.717) is 0 Å². The zero-order valence-electron chi connectivity index (χ0n) is 10.7. The first-order valence-corrected chi connectivity index (χ1v) is 5.63. The number of rotatable bonds is 7. The molecule has 0 bridgehead atoms. The summed E-state index contributed by atoms with van der Waals surface area (Å²) in [6.45, 7) is 3.23. The van der Waals surface area contributed by atoms with E-state index >= 15 is 0 Å². The van der Waals surface area contributed by atoms with E-state index in [4.69, 9.17) is 9.47 Å². The topological polar surface area (TPSA) is 81.7 Å². The van der Waals surface area contributed by atoms with Crippen molar-refractivity contribution in [2.24, 2.45) is 0 Å². The lowest BCUT2D eigenvalue weighted by molar-refractivity contribution is -0.168. The molecule has 0 heterocycles. The Bertz CT molecular complexity index is 301. The molecule has 18 heavy (non-hydrogen) atoms. The molecule has 0 radical (unpaired) electrons. The lowest BCUT2D eigenvalue weighted by Gasteiger charge is -2.28. The number of carbonyl (C=O) groups is 3. The number of carbonyl (C=O) groups excluding carboxylic acids is 3. The second-order valence-electron chi connectivity index (χ2n) is 3.47. The Morgan fingerprint density at radius 2 is 1.56 bits per heavy atom. The number of halogens is 1. The molecule has 6 nitrogen and oxygen atoms in total. The Balaban J connectivity index is 5.32. The molecule has 0 saturated heterocycles. The third kappa shape index (κ3) is 3.97. The van der Waals surface area contributed by atoms with E-state index in [2.05, 4.69) is 5.32 Å². The summed E-state index contributed by atoms with van der Waals surface area (Å²) in [5.41, 5.74) is -2.10. The van der Waals surface area contributed by atoms with Crippen molar-refractivity contribution >= 4 is 17.8 Å². The first-order chi connectivity index (χ1) is 8.44. The second-order valence-corrected chi connectivity index (χ2v) is 3.47. The molecule has 104 valence electrons. The smallest absolute Gasteiger partial charge is 0.343 e. The highest BCUT2D eigenvalue weighted by Crippen LogP contribution is 2.16. The van der Waals surface area contributed by atoms with E-state index in [-0.39, 0.29) is 13.2 Å². The highest BCUT2D eigenvalue weighted by molar-refractivity contribution is 6.07. The van der Waals surface area contributed by atoms with E-state index in [1.54, 1.807) is 0 Å². The summed E-state index contributed by atoms with van der Waals surface area (Å²) in [4.78, 5) is 34.7. The van der Waals surface area contributed by atoms with E-state index in [1.807, 2.05) is 0 Å². The van der Waals surface area contributed by atoms with Gasteiger partial charge >= 0.3 is 11.9 Å². The van der Waals surface area contributed by atoms with Crippen molar-refractivity contribution in [3.63, 3.8) is 0 Å². The van der Waals surface area contributed by atoms with Gasteiger partial charge in [-0.2, -0.15) is 0 Å². The Morgan fingerprint density at radius 3 is 1.83 bits per heavy atom. The molecule has 1 amide bonds. The summed E-state index contributed by atoms with van der Waals surface area (Å²) >= 11 is 0. The Kier molecular flexibility index (Phi) is 6.92. The summed E-state index contributed by atoms with van der Waals surface area (Å²) in [5, 5.41) is 2.14. The van der Waals surface area contributed by atoms with Crippen LogP contribution in [0.5, 0.6) is 0 Å². The van der Waals surface area contributed by atoms with Crippen LogP contribution in [0.25, 0.3) is 0 Å². The molecule has 0 aromatic carbocycles. The normalized spacial score (nSPS) is 10.7. The van der Waals surface area contributed by atoms with Crippen molar-refractivity contribution in [1.82, 2.24) is 5.32 Å². The summed E-state index contributed by atoms with van der Waals surface area (Å²) in [6.07, 6.45) is -0.524. The molecule has 0 aromatic rings. The highest BCUT2D eigenvalue weighted by atomic mass is 19.1. The summed E-state index contributed by atoms with van der Waals surface area (Å²) in [5.74, 6) is -2.68. The van der Waals surface area contributed by atoms with Crippen LogP contribution < -0.4 is 5.32 Å². The van der Waals surface area contributed by atoms with Crippen LogP contribution in [0.1, 0.15) is 27.2 Å². The van der Waals surface area contributed by atoms with E-state index in [0.717, 1.165) is 6.92 Å². The fourth-order valence-corrected chi connectivity index (χ4v) is 1.40. The van der Waals surface area contributed by atoms with Crippen LogP contribution in [0.4, 0.5) is 4.39 Å². The van der Waals surface area contributed by atoms with E-state index in [1.165, 1.54) is 13.8 Å². The van der Waals surface area contributed by atoms with Gasteiger partial charge in [0.1, 0.15) is 0 Å². The number of amides is 1. The molecule has 0 aliphatic rings. The van der Waals surface area contributed by atoms with Gasteiger partial charge in [-0.15, -0.1) is 0 Å². The maximum atomic E-state index is 12.6. The molecule has 0 unspecified atom stereocenters. The van der Waals surface area contributed by atoms with Gasteiger partial charge in [0.25, 0.3) is 0 Å². The van der Waals surface area contributed by atoms with Gasteiger partial charge in [-0.3, -0.25) is 9.18 Å². The number of alkyl halides is 1. The Morgan fingerprint density at radius 1 is 1.11 bits per heavy atom. The highest BCUT2D eigenvalue weighted by Gasteiger charge is 2.49. The number of esters is 2. The maximum Gasteiger partial charge on any atom is 0.343 e. The fraction of sp³-hybridized carbons (Fsp3) is 0.727. The van der Waals surface area contributed by atoms with Gasteiger partial charge in [0.2, 0.25) is 11.4 Å². The summed E-state index contributed by atoms with van der Waals surface area (Å²) < 4.78 is 22.0. The summed E-state index contributed by atoms with van der Waals surface area (Å²) in [6, 6.07) is 0. The van der Waals surface area contributed by atoms with Crippen molar-refractivity contribution in [2.45, 2.75) is 32.7 Å². The predicted molar refractivity (Wildman–Crippen MR) is 60.4 cm³/mol. The SMILES string of the molecule is CCOC(=O)C(CCF)(NC(C)=O)C(=O)OCC. The standard InChI is InChI=1S/C11H18FNO5/c1-4-17-9(15)11(6-7-12,13-8(3)14)10(16)18-5-2/h4-7H2,1-3H3,(H,13,14). The molecule has 0 aliphatic heterocycles. The molecule has 7 heteroatoms. The van der Waals surface area contributed by atoms with Crippen LogP contribution in [-0.4, -0.2) is 43.3 Å². The lowest BCUT2D eigenvalue weighted by Crippen LogP contribution is -2.61. The maximum absolute atomic E-state index is 12.6. The lowest BCUT2D eigenvalue weighted by atomic mass is 9.95. The number of ether oxygens (including phenoxy) is 2. The van der Waals surface area contributed by atoms with Gasteiger partial charge in [0.15, 0.2) is 0 Å². The van der Waals surface area contributed by atoms with E-state index in [9.17, 15) is 18.8 Å². The predicted octanol–water partition coefficient (Wildman–Crippen LogP) is 0.347. The summed E-state index contributed by atoms with van der Waals surface area (Å²) in [7, 11) is 0. The average molecular weight is 263 g/mol. The van der Waals surface area contributed by atoms with Gasteiger partial charge in [-0.1, -0.05) is 0 Å². The zero-order chi connectivity index (χ0) is 14.2. The van der Waals surface area contributed by atoms with Crippen molar-refractivity contribution < 1.29 is 28.2 Å². The molecule has 0 spiro atoms. The Hall–Kier alpha value is -1.66. The van der Waals surface area contributed by atoms with Crippen LogP contribution in [-0.2, 0) is 23.9 Å². The monoisotopic (exact) mass is 263 g/mol. The first-order valence-electron chi connectivity index (χ1n) is 5.63. The molecule has 0 rings (SSSR count). The molecule has 0 aromatic heterocycles. The fourth-order valence-electron chi connectivity index (χ4n) is 1.40. The van der Waals surface area contributed by atoms with Crippen LogP contribution in [0.2, 0.25) is 0 Å². The molecular weight excluding hydrogens is 245 g/mol. The van der Waals surface area contributed by atoms with Crippen LogP contribution in [0.3, 0.4) is 0 Å². The second kappa shape index (κ2) is 7.62. The van der Waals surface area contributed by atoms with Gasteiger partial charge in [0, 0.05) is 13.3 Å². The molecule has 0 saturated carbocycles. The van der Waals surface area contributed by atoms with Crippen LogP contribution in [0.15, 0.2) is 0 Å².